The van der Waals surface area contributed by atoms with Crippen LogP contribution in [0.1, 0.15) is 31.4 Å². The molecule has 0 spiro atoms. The van der Waals surface area contributed by atoms with Gasteiger partial charge < -0.3 is 10.9 Å². The van der Waals surface area contributed by atoms with E-state index in [1.807, 2.05) is 13.0 Å². The molecule has 0 aromatic heterocycles. The number of nitrogens with two attached hydrogens (primary N) is 1. The van der Waals surface area contributed by atoms with Gasteiger partial charge in [-0.2, -0.15) is 4.31 Å². The smallest absolute Gasteiger partial charge is 0.243 e. The van der Waals surface area contributed by atoms with Crippen LogP contribution in [0.4, 0.5) is 0 Å². The Balaban J connectivity index is 3.16. The Morgan fingerprint density at radius 3 is 2.48 bits per heavy atom. The molecule has 3 N–H and O–H groups in total. The summed E-state index contributed by atoms with van der Waals surface area (Å²) in [5.74, 6) is 0.0106. The predicted molar refractivity (Wildman–Crippen MR) is 83.0 cm³/mol. The van der Waals surface area contributed by atoms with Crippen LogP contribution in [-0.4, -0.2) is 36.4 Å². The van der Waals surface area contributed by atoms with Crippen molar-refractivity contribution in [3.05, 3.63) is 29.3 Å². The van der Waals surface area contributed by atoms with Crippen molar-refractivity contribution in [3.63, 3.8) is 0 Å². The van der Waals surface area contributed by atoms with Crippen LogP contribution < -0.4 is 5.73 Å². The molecule has 0 atom stereocenters. The number of rotatable bonds is 6. The molecule has 1 aromatic carbocycles. The van der Waals surface area contributed by atoms with Crippen molar-refractivity contribution in [3.8, 4) is 0 Å². The van der Waals surface area contributed by atoms with Crippen LogP contribution in [0.2, 0.25) is 0 Å². The average molecular weight is 313 g/mol. The summed E-state index contributed by atoms with van der Waals surface area (Å²) in [6.07, 6.45) is 0.179. The third-order valence-electron chi connectivity index (χ3n) is 3.21. The van der Waals surface area contributed by atoms with E-state index in [0.717, 1.165) is 5.56 Å². The van der Waals surface area contributed by atoms with E-state index in [1.165, 1.54) is 4.31 Å². The van der Waals surface area contributed by atoms with Gasteiger partial charge in [0.05, 0.1) is 4.90 Å². The highest BCUT2D eigenvalue weighted by Gasteiger charge is 2.28. The molecule has 0 aliphatic carbocycles. The topological polar surface area (TPSA) is 96.0 Å². The van der Waals surface area contributed by atoms with Crippen LogP contribution in [-0.2, 0) is 10.0 Å². The van der Waals surface area contributed by atoms with Crippen LogP contribution >= 0.6 is 0 Å². The first-order chi connectivity index (χ1) is 9.70. The zero-order valence-corrected chi connectivity index (χ0v) is 13.7. The zero-order chi connectivity index (χ0) is 16.2. The Hall–Kier alpha value is -1.60. The summed E-state index contributed by atoms with van der Waals surface area (Å²) in [4.78, 5) is 0.293. The lowest BCUT2D eigenvalue weighted by atomic mass is 10.2. The minimum atomic E-state index is -3.61. The van der Waals surface area contributed by atoms with E-state index >= 15 is 0 Å². The molecule has 6 nitrogen and oxygen atoms in total. The maximum atomic E-state index is 12.8. The molecule has 0 fully saturated rings. The van der Waals surface area contributed by atoms with Gasteiger partial charge in [-0.1, -0.05) is 22.9 Å². The summed E-state index contributed by atoms with van der Waals surface area (Å²) in [5, 5.41) is 11.5. The number of hydrogen-bond acceptors (Lipinski definition) is 4. The van der Waals surface area contributed by atoms with Crippen LogP contribution in [0.3, 0.4) is 0 Å². The van der Waals surface area contributed by atoms with Gasteiger partial charge in [0.25, 0.3) is 0 Å². The van der Waals surface area contributed by atoms with Gasteiger partial charge in [-0.25, -0.2) is 8.42 Å². The number of amidine groups is 1. The summed E-state index contributed by atoms with van der Waals surface area (Å²) in [5.41, 5.74) is 7.16. The molecule has 0 bridgehead atoms. The molecular formula is C14H23N3O3S. The van der Waals surface area contributed by atoms with Crippen molar-refractivity contribution in [2.45, 2.75) is 45.1 Å². The second-order valence-corrected chi connectivity index (χ2v) is 7.18. The lowest BCUT2D eigenvalue weighted by Gasteiger charge is -2.26. The van der Waals surface area contributed by atoms with E-state index in [0.29, 0.717) is 10.5 Å². The summed E-state index contributed by atoms with van der Waals surface area (Å²) >= 11 is 0. The third kappa shape index (κ3) is 4.18. The van der Waals surface area contributed by atoms with Crippen LogP contribution in [0, 0.1) is 13.8 Å². The number of benzene rings is 1. The second kappa shape index (κ2) is 6.91. The highest BCUT2D eigenvalue weighted by Crippen LogP contribution is 2.22. The van der Waals surface area contributed by atoms with E-state index in [2.05, 4.69) is 5.16 Å². The number of hydrogen-bond donors (Lipinski definition) is 2. The van der Waals surface area contributed by atoms with E-state index in [-0.39, 0.29) is 24.8 Å². The first kappa shape index (κ1) is 17.5. The molecule has 1 aromatic rings. The van der Waals surface area contributed by atoms with E-state index in [1.54, 1.807) is 32.9 Å². The highest BCUT2D eigenvalue weighted by atomic mass is 32.2. The average Bonchev–Trinajstić information content (AvgIpc) is 2.37. The summed E-state index contributed by atoms with van der Waals surface area (Å²) in [7, 11) is -3.61. The molecule has 7 heteroatoms. The minimum Gasteiger partial charge on any atom is -0.409 e. The zero-order valence-electron chi connectivity index (χ0n) is 12.9. The first-order valence-electron chi connectivity index (χ1n) is 6.75. The SMILES string of the molecule is Cc1ccc(S(=O)(=O)N(CCC(N)=NO)C(C)C)c(C)c1. The van der Waals surface area contributed by atoms with Gasteiger partial charge in [0.2, 0.25) is 10.0 Å². The summed E-state index contributed by atoms with van der Waals surface area (Å²) < 4.78 is 26.9. The van der Waals surface area contributed by atoms with Gasteiger partial charge in [0.1, 0.15) is 5.84 Å². The lowest BCUT2D eigenvalue weighted by Crippen LogP contribution is -2.39. The fraction of sp³-hybridized carbons (Fsp3) is 0.500. The molecule has 0 aliphatic heterocycles. The monoisotopic (exact) mass is 313 g/mol. The first-order valence-corrected chi connectivity index (χ1v) is 8.19. The molecule has 0 amide bonds. The van der Waals surface area contributed by atoms with Crippen LogP contribution in [0.5, 0.6) is 0 Å². The Morgan fingerprint density at radius 2 is 2.00 bits per heavy atom. The van der Waals surface area contributed by atoms with Gasteiger partial charge in [0.15, 0.2) is 0 Å². The predicted octanol–water partition coefficient (Wildman–Crippen LogP) is 1.84. The minimum absolute atomic E-state index is 0.0106. The lowest BCUT2D eigenvalue weighted by molar-refractivity contribution is 0.313. The Labute approximate surface area is 126 Å². The van der Waals surface area contributed by atoms with Crippen molar-refractivity contribution in [1.29, 1.82) is 0 Å². The Kier molecular flexibility index (Phi) is 5.74. The largest absolute Gasteiger partial charge is 0.409 e. The summed E-state index contributed by atoms with van der Waals surface area (Å²) in [6, 6.07) is 5.03. The van der Waals surface area contributed by atoms with Crippen LogP contribution in [0.15, 0.2) is 28.3 Å². The van der Waals surface area contributed by atoms with Crippen molar-refractivity contribution >= 4 is 15.9 Å². The quantitative estimate of drug-likeness (QED) is 0.362. The molecule has 1 rings (SSSR count). The van der Waals surface area contributed by atoms with Crippen LogP contribution in [0.25, 0.3) is 0 Å². The van der Waals surface area contributed by atoms with Crippen molar-refractivity contribution in [1.82, 2.24) is 4.31 Å². The van der Waals surface area contributed by atoms with Gasteiger partial charge in [-0.05, 0) is 39.3 Å². The van der Waals surface area contributed by atoms with E-state index in [4.69, 9.17) is 10.9 Å². The second-order valence-electron chi connectivity index (χ2n) is 5.32. The van der Waals surface area contributed by atoms with E-state index in [9.17, 15) is 8.42 Å². The molecule has 0 radical (unpaired) electrons. The van der Waals surface area contributed by atoms with E-state index < -0.39 is 10.0 Å². The molecule has 21 heavy (non-hydrogen) atoms. The maximum absolute atomic E-state index is 12.8. The number of aryl methyl sites for hydroxylation is 2. The normalized spacial score (nSPS) is 13.1. The molecule has 0 unspecified atom stereocenters. The number of nitrogens with zero attached hydrogens (tertiary/aromatic N) is 2. The molecule has 118 valence electrons. The summed E-state index contributed by atoms with van der Waals surface area (Å²) in [6.45, 7) is 7.47. The van der Waals surface area contributed by atoms with Crippen molar-refractivity contribution < 1.29 is 13.6 Å². The fourth-order valence-electron chi connectivity index (χ4n) is 2.15. The maximum Gasteiger partial charge on any atom is 0.243 e. The fourth-order valence-corrected chi connectivity index (χ4v) is 3.99. The van der Waals surface area contributed by atoms with Gasteiger partial charge in [-0.3, -0.25) is 0 Å². The van der Waals surface area contributed by atoms with Gasteiger partial charge >= 0.3 is 0 Å². The van der Waals surface area contributed by atoms with Gasteiger partial charge in [0, 0.05) is 19.0 Å². The van der Waals surface area contributed by atoms with Crippen molar-refractivity contribution in [2.75, 3.05) is 6.54 Å². The standard InChI is InChI=1S/C14H23N3O3S/c1-10(2)17(8-7-14(15)16-18)21(19,20)13-6-5-11(3)9-12(13)4/h5-6,9-10,18H,7-8H2,1-4H3,(H2,15,16). The molecule has 0 heterocycles. The highest BCUT2D eigenvalue weighted by molar-refractivity contribution is 7.89. The number of oxime groups is 1. The Morgan fingerprint density at radius 1 is 1.38 bits per heavy atom. The molecular weight excluding hydrogens is 290 g/mol. The van der Waals surface area contributed by atoms with Gasteiger partial charge in [-0.15, -0.1) is 0 Å². The van der Waals surface area contributed by atoms with Crippen molar-refractivity contribution in [2.24, 2.45) is 10.9 Å². The Bertz CT molecular complexity index is 624. The third-order valence-corrected chi connectivity index (χ3v) is 5.45. The number of sulfonamides is 1. The molecule has 0 saturated heterocycles. The molecule has 0 saturated carbocycles. The molecule has 0 aliphatic rings.